The van der Waals surface area contributed by atoms with Crippen LogP contribution < -0.4 is 11.1 Å². The summed E-state index contributed by atoms with van der Waals surface area (Å²) >= 11 is 0. The Hall–Kier alpha value is -3.41. The summed E-state index contributed by atoms with van der Waals surface area (Å²) in [5.74, 6) is 0.238. The van der Waals surface area contributed by atoms with Crippen molar-refractivity contribution in [3.8, 4) is 17.0 Å². The Labute approximate surface area is 139 Å². The predicted molar refractivity (Wildman–Crippen MR) is 94.6 cm³/mol. The van der Waals surface area contributed by atoms with Gasteiger partial charge in [-0.05, 0) is 19.1 Å². The fraction of sp³-hybridized carbons (Fsp3) is 0.0556. The third-order valence-corrected chi connectivity index (χ3v) is 3.58. The first kappa shape index (κ1) is 15.5. The fourth-order valence-corrected chi connectivity index (χ4v) is 2.29. The third kappa shape index (κ3) is 3.17. The molecule has 0 saturated carbocycles. The van der Waals surface area contributed by atoms with Crippen LogP contribution in [0.2, 0.25) is 0 Å². The molecule has 0 aliphatic heterocycles. The minimum atomic E-state index is -0.0328. The van der Waals surface area contributed by atoms with E-state index in [0.717, 1.165) is 11.1 Å². The minimum Gasteiger partial charge on any atom is -0.503 e. The summed E-state index contributed by atoms with van der Waals surface area (Å²) in [4.78, 5) is 8.27. The van der Waals surface area contributed by atoms with E-state index in [1.54, 1.807) is 24.3 Å². The normalized spacial score (nSPS) is 10.4. The third-order valence-electron chi connectivity index (χ3n) is 3.58. The van der Waals surface area contributed by atoms with Gasteiger partial charge in [-0.15, -0.1) is 0 Å². The number of anilines is 2. The second-order valence-electron chi connectivity index (χ2n) is 5.40. The van der Waals surface area contributed by atoms with Gasteiger partial charge in [0, 0.05) is 16.8 Å². The quantitative estimate of drug-likeness (QED) is 0.436. The van der Waals surface area contributed by atoms with Crippen LogP contribution in [-0.2, 0) is 0 Å². The standard InChI is InChI=1S/C18H17N5O/c1-11-5-7-12(8-6-11)15-16(24)18(22-10-21-15)23-14-4-2-3-13(9-14)17(19)20/h2-10,24H,1H3,(H3,19,20)(H,21,22,23). The number of nitrogens with one attached hydrogen (secondary N) is 2. The second-order valence-corrected chi connectivity index (χ2v) is 5.40. The molecular weight excluding hydrogens is 302 g/mol. The van der Waals surface area contributed by atoms with Gasteiger partial charge in [-0.3, -0.25) is 5.41 Å². The number of aromatic hydroxyl groups is 1. The zero-order valence-electron chi connectivity index (χ0n) is 13.1. The van der Waals surface area contributed by atoms with Crippen molar-refractivity contribution in [2.24, 2.45) is 5.73 Å². The highest BCUT2D eigenvalue weighted by Crippen LogP contribution is 2.33. The number of nitrogens with two attached hydrogens (primary N) is 1. The number of nitrogen functional groups attached to an aromatic ring is 1. The first-order chi connectivity index (χ1) is 11.5. The first-order valence-corrected chi connectivity index (χ1v) is 7.37. The van der Waals surface area contributed by atoms with Gasteiger partial charge in [0.25, 0.3) is 0 Å². The lowest BCUT2D eigenvalue weighted by atomic mass is 10.1. The summed E-state index contributed by atoms with van der Waals surface area (Å²) in [6.45, 7) is 2.00. The lowest BCUT2D eigenvalue weighted by Crippen LogP contribution is -2.11. The van der Waals surface area contributed by atoms with Crippen molar-refractivity contribution in [1.29, 1.82) is 5.41 Å². The van der Waals surface area contributed by atoms with Crippen LogP contribution in [0, 0.1) is 12.3 Å². The molecule has 24 heavy (non-hydrogen) atoms. The Morgan fingerprint density at radius 3 is 2.58 bits per heavy atom. The van der Waals surface area contributed by atoms with Crippen LogP contribution in [0.4, 0.5) is 11.5 Å². The highest BCUT2D eigenvalue weighted by Gasteiger charge is 2.12. The molecule has 5 N–H and O–H groups in total. The molecule has 0 fully saturated rings. The van der Waals surface area contributed by atoms with Gasteiger partial charge in [0.05, 0.1) is 0 Å². The molecule has 0 bridgehead atoms. The molecule has 0 unspecified atom stereocenters. The van der Waals surface area contributed by atoms with Crippen molar-refractivity contribution in [2.45, 2.75) is 6.92 Å². The Bertz CT molecular complexity index is 890. The van der Waals surface area contributed by atoms with Crippen LogP contribution >= 0.6 is 0 Å². The maximum absolute atomic E-state index is 10.5. The first-order valence-electron chi connectivity index (χ1n) is 7.37. The molecule has 6 heteroatoms. The number of hydrogen-bond acceptors (Lipinski definition) is 5. The number of aryl methyl sites for hydroxylation is 1. The van der Waals surface area contributed by atoms with E-state index >= 15 is 0 Å². The summed E-state index contributed by atoms with van der Waals surface area (Å²) in [7, 11) is 0. The van der Waals surface area contributed by atoms with Crippen molar-refractivity contribution >= 4 is 17.3 Å². The number of benzene rings is 2. The summed E-state index contributed by atoms with van der Waals surface area (Å²) in [5.41, 5.74) is 9.15. The molecule has 0 radical (unpaired) electrons. The Balaban J connectivity index is 1.95. The molecule has 2 aromatic carbocycles. The molecule has 1 aromatic heterocycles. The second kappa shape index (κ2) is 6.37. The number of aromatic nitrogens is 2. The van der Waals surface area contributed by atoms with Gasteiger partial charge in [0.15, 0.2) is 11.6 Å². The molecule has 0 amide bonds. The van der Waals surface area contributed by atoms with E-state index in [0.29, 0.717) is 22.8 Å². The molecule has 0 aliphatic carbocycles. The van der Waals surface area contributed by atoms with Crippen molar-refractivity contribution < 1.29 is 5.11 Å². The molecule has 3 aromatic rings. The highest BCUT2D eigenvalue weighted by molar-refractivity contribution is 5.96. The molecular formula is C18H17N5O. The van der Waals surface area contributed by atoms with Gasteiger partial charge >= 0.3 is 0 Å². The van der Waals surface area contributed by atoms with Crippen LogP contribution in [0.25, 0.3) is 11.3 Å². The highest BCUT2D eigenvalue weighted by atomic mass is 16.3. The molecule has 6 nitrogen and oxygen atoms in total. The van der Waals surface area contributed by atoms with E-state index in [2.05, 4.69) is 15.3 Å². The SMILES string of the molecule is Cc1ccc(-c2ncnc(Nc3cccc(C(=N)N)c3)c2O)cc1. The zero-order chi connectivity index (χ0) is 17.1. The van der Waals surface area contributed by atoms with Crippen molar-refractivity contribution in [2.75, 3.05) is 5.32 Å². The monoisotopic (exact) mass is 319 g/mol. The average Bonchev–Trinajstić information content (AvgIpc) is 2.58. The molecule has 3 rings (SSSR count). The maximum atomic E-state index is 10.5. The predicted octanol–water partition coefficient (Wildman–Crippen LogP) is 3.19. The van der Waals surface area contributed by atoms with Gasteiger partial charge < -0.3 is 16.2 Å². The summed E-state index contributed by atoms with van der Waals surface area (Å²) < 4.78 is 0. The lowest BCUT2D eigenvalue weighted by molar-refractivity contribution is 0.475. The number of rotatable bonds is 4. The van der Waals surface area contributed by atoms with E-state index in [1.165, 1.54) is 6.33 Å². The van der Waals surface area contributed by atoms with E-state index in [-0.39, 0.29) is 11.6 Å². The molecule has 0 aliphatic rings. The lowest BCUT2D eigenvalue weighted by Gasteiger charge is -2.11. The molecule has 0 spiro atoms. The van der Waals surface area contributed by atoms with Gasteiger partial charge in [0.2, 0.25) is 0 Å². The van der Waals surface area contributed by atoms with Crippen LogP contribution in [0.5, 0.6) is 5.75 Å². The smallest absolute Gasteiger partial charge is 0.185 e. The number of hydrogen-bond donors (Lipinski definition) is 4. The topological polar surface area (TPSA) is 108 Å². The number of amidine groups is 1. The van der Waals surface area contributed by atoms with E-state index in [1.807, 2.05) is 31.2 Å². The van der Waals surface area contributed by atoms with Crippen molar-refractivity contribution in [1.82, 2.24) is 9.97 Å². The minimum absolute atomic E-state index is 0.0223. The molecule has 120 valence electrons. The fourth-order valence-electron chi connectivity index (χ4n) is 2.29. The van der Waals surface area contributed by atoms with Gasteiger partial charge in [-0.2, -0.15) is 0 Å². The van der Waals surface area contributed by atoms with Crippen molar-refractivity contribution in [3.05, 3.63) is 66.0 Å². The summed E-state index contributed by atoms with van der Waals surface area (Å²) in [6, 6.07) is 14.8. The largest absolute Gasteiger partial charge is 0.503 e. The molecule has 0 saturated heterocycles. The Morgan fingerprint density at radius 1 is 1.12 bits per heavy atom. The van der Waals surface area contributed by atoms with Gasteiger partial charge in [-0.1, -0.05) is 42.0 Å². The van der Waals surface area contributed by atoms with Crippen LogP contribution in [0.1, 0.15) is 11.1 Å². The van der Waals surface area contributed by atoms with Gasteiger partial charge in [0.1, 0.15) is 17.9 Å². The average molecular weight is 319 g/mol. The van der Waals surface area contributed by atoms with Crippen LogP contribution in [-0.4, -0.2) is 20.9 Å². The number of nitrogens with zero attached hydrogens (tertiary/aromatic N) is 2. The van der Waals surface area contributed by atoms with E-state index in [4.69, 9.17) is 11.1 Å². The maximum Gasteiger partial charge on any atom is 0.185 e. The van der Waals surface area contributed by atoms with E-state index < -0.39 is 0 Å². The molecule has 0 atom stereocenters. The van der Waals surface area contributed by atoms with E-state index in [9.17, 15) is 5.11 Å². The van der Waals surface area contributed by atoms with Crippen LogP contribution in [0.15, 0.2) is 54.9 Å². The molecule has 1 heterocycles. The summed E-state index contributed by atoms with van der Waals surface area (Å²) in [5, 5.41) is 21.0. The van der Waals surface area contributed by atoms with Crippen molar-refractivity contribution in [3.63, 3.8) is 0 Å². The van der Waals surface area contributed by atoms with Crippen LogP contribution in [0.3, 0.4) is 0 Å². The Morgan fingerprint density at radius 2 is 1.88 bits per heavy atom. The van der Waals surface area contributed by atoms with Gasteiger partial charge in [-0.25, -0.2) is 9.97 Å². The zero-order valence-corrected chi connectivity index (χ0v) is 13.1. The Kier molecular flexibility index (Phi) is 4.11. The summed E-state index contributed by atoms with van der Waals surface area (Å²) in [6.07, 6.45) is 1.39.